The maximum absolute atomic E-state index is 3.36. The smallest absolute Gasteiger partial charge is 0 e. The lowest BCUT2D eigenvalue weighted by molar-refractivity contribution is 0.737. The van der Waals surface area contributed by atoms with Crippen LogP contribution in [-0.4, -0.2) is 0 Å². The molecule has 0 heterocycles. The van der Waals surface area contributed by atoms with E-state index < -0.39 is 0 Å². The summed E-state index contributed by atoms with van der Waals surface area (Å²) in [4.78, 5) is 0. The monoisotopic (exact) mass is 367 g/mol. The number of hydrogen-bond acceptors (Lipinski definition) is 0. The molecule has 0 N–H and O–H groups in total. The third kappa shape index (κ3) is 4950. The standard InChI is InChI=1S/3C4H10.C3H6.4C2H6.C2H4.H2/c1-4(2)3;2*1-3-4-2;1-3-2;5*1-2;/h4H,1-3H3;2*3-4H2,1-2H3;3H,1H2,2H3;4*1-2H3;1-2H2;1H. The fraction of sp³-hybridized carbons (Fsp3) is 0.840. The summed E-state index contributed by atoms with van der Waals surface area (Å²) in [7, 11) is 0. The van der Waals surface area contributed by atoms with E-state index in [1.54, 1.807) is 6.08 Å². The van der Waals surface area contributed by atoms with Crippen molar-refractivity contribution < 1.29 is 1.43 Å². The van der Waals surface area contributed by atoms with Crippen LogP contribution in [-0.2, 0) is 0 Å². The topological polar surface area (TPSA) is 0 Å². The van der Waals surface area contributed by atoms with Gasteiger partial charge in [0, 0.05) is 1.43 Å². The fourth-order valence-electron chi connectivity index (χ4n) is 0. The highest BCUT2D eigenvalue weighted by Gasteiger charge is 1.68. The van der Waals surface area contributed by atoms with Crippen molar-refractivity contribution in [1.29, 1.82) is 0 Å². The molecular formula is C25H66. The second kappa shape index (κ2) is 212. The molecular weight excluding hydrogens is 300 g/mol. The maximum atomic E-state index is 3.36. The molecule has 0 aromatic heterocycles. The first kappa shape index (κ1) is 56.3. The molecule has 0 rings (SSSR count). The summed E-state index contributed by atoms with van der Waals surface area (Å²) >= 11 is 0. The molecule has 0 bridgehead atoms. The zero-order valence-corrected chi connectivity index (χ0v) is 22.1. The van der Waals surface area contributed by atoms with E-state index in [1.807, 2.05) is 62.3 Å². The van der Waals surface area contributed by atoms with Crippen LogP contribution in [0.5, 0.6) is 0 Å². The molecule has 0 aromatic carbocycles. The SMILES string of the molecule is C=C.C=CC.CC.CC.CC.CC.CC(C)C.CCCC.CCCC.[HH]. The van der Waals surface area contributed by atoms with Gasteiger partial charge in [-0.3, -0.25) is 0 Å². The molecule has 0 radical (unpaired) electrons. The van der Waals surface area contributed by atoms with Gasteiger partial charge in [-0.05, 0) is 12.8 Å². The van der Waals surface area contributed by atoms with Gasteiger partial charge in [0.25, 0.3) is 0 Å². The highest BCUT2D eigenvalue weighted by molar-refractivity contribution is 4.51. The minimum atomic E-state index is 0. The van der Waals surface area contributed by atoms with Gasteiger partial charge in [0.2, 0.25) is 0 Å². The van der Waals surface area contributed by atoms with Gasteiger partial charge in [-0.2, -0.15) is 0 Å². The number of hydrogen-bond donors (Lipinski definition) is 0. The Bertz CT molecular complexity index is 67.5. The first-order valence-corrected chi connectivity index (χ1v) is 11.0. The highest BCUT2D eigenvalue weighted by Crippen LogP contribution is 1.81. The van der Waals surface area contributed by atoms with Gasteiger partial charge in [-0.1, -0.05) is 136 Å². The van der Waals surface area contributed by atoms with Crippen LogP contribution in [0, 0.1) is 5.92 Å². The van der Waals surface area contributed by atoms with Crippen molar-refractivity contribution in [3.05, 3.63) is 25.8 Å². The van der Waals surface area contributed by atoms with E-state index >= 15 is 0 Å². The van der Waals surface area contributed by atoms with Crippen molar-refractivity contribution in [3.63, 3.8) is 0 Å². The number of rotatable bonds is 2. The van der Waals surface area contributed by atoms with Gasteiger partial charge < -0.3 is 0 Å². The average molecular weight is 367 g/mol. The summed E-state index contributed by atoms with van der Waals surface area (Å²) in [5.41, 5.74) is 0. The Morgan fingerprint density at radius 3 is 0.640 bits per heavy atom. The molecule has 0 nitrogen and oxygen atoms in total. The molecule has 0 atom stereocenters. The molecule has 0 aliphatic rings. The lowest BCUT2D eigenvalue weighted by atomic mass is 10.3. The first-order valence-electron chi connectivity index (χ1n) is 11.0. The Morgan fingerprint density at radius 1 is 0.600 bits per heavy atom. The number of unbranched alkanes of at least 4 members (excludes halogenated alkanes) is 2. The van der Waals surface area contributed by atoms with Crippen molar-refractivity contribution in [2.75, 3.05) is 0 Å². The van der Waals surface area contributed by atoms with E-state index in [2.05, 4.69) is 68.2 Å². The van der Waals surface area contributed by atoms with E-state index in [4.69, 9.17) is 0 Å². The zero-order valence-electron chi connectivity index (χ0n) is 22.1. The van der Waals surface area contributed by atoms with Crippen molar-refractivity contribution >= 4 is 0 Å². The van der Waals surface area contributed by atoms with Crippen LogP contribution in [0.15, 0.2) is 25.8 Å². The summed E-state index contributed by atoms with van der Waals surface area (Å²) in [5, 5.41) is 0. The molecule has 0 saturated heterocycles. The van der Waals surface area contributed by atoms with Crippen molar-refractivity contribution in [3.8, 4) is 0 Å². The van der Waals surface area contributed by atoms with E-state index in [-0.39, 0.29) is 1.43 Å². The van der Waals surface area contributed by atoms with Crippen LogP contribution in [0.4, 0.5) is 0 Å². The molecule has 0 spiro atoms. The summed E-state index contributed by atoms with van der Waals surface area (Å²) in [6.45, 7) is 42.5. The summed E-state index contributed by atoms with van der Waals surface area (Å²) in [6, 6.07) is 0. The highest BCUT2D eigenvalue weighted by atomic mass is 13.7. The third-order valence-corrected chi connectivity index (χ3v) is 1.000. The molecule has 166 valence electrons. The van der Waals surface area contributed by atoms with Crippen LogP contribution in [0.1, 0.15) is 138 Å². The van der Waals surface area contributed by atoms with Gasteiger partial charge in [0.05, 0.1) is 0 Å². The van der Waals surface area contributed by atoms with E-state index in [0.29, 0.717) is 0 Å². The van der Waals surface area contributed by atoms with E-state index in [9.17, 15) is 0 Å². The molecule has 0 unspecified atom stereocenters. The molecule has 0 saturated carbocycles. The second-order valence-electron chi connectivity index (χ2n) is 4.14. The molecule has 25 heavy (non-hydrogen) atoms. The minimum absolute atomic E-state index is 0. The Kier molecular flexibility index (Phi) is 478. The summed E-state index contributed by atoms with van der Waals surface area (Å²) < 4.78 is 0. The Labute approximate surface area is 170 Å². The fourth-order valence-corrected chi connectivity index (χ4v) is 0. The van der Waals surface area contributed by atoms with Gasteiger partial charge >= 0.3 is 0 Å². The van der Waals surface area contributed by atoms with Crippen molar-refractivity contribution in [2.24, 2.45) is 5.92 Å². The van der Waals surface area contributed by atoms with Crippen molar-refractivity contribution in [2.45, 2.75) is 136 Å². The molecule has 0 fully saturated rings. The van der Waals surface area contributed by atoms with Crippen LogP contribution < -0.4 is 0 Å². The Hall–Kier alpha value is -0.520. The minimum Gasteiger partial charge on any atom is -0.106 e. The van der Waals surface area contributed by atoms with E-state index in [1.165, 1.54) is 25.7 Å². The Balaban J connectivity index is -0.0000000141. The zero-order chi connectivity index (χ0) is 23.1. The lowest BCUT2D eigenvalue weighted by Crippen LogP contribution is -1.66. The average Bonchev–Trinajstić information content (AvgIpc) is 2.70. The summed E-state index contributed by atoms with van der Waals surface area (Å²) in [6.07, 6.45) is 7.03. The predicted molar refractivity (Wildman–Crippen MR) is 136 cm³/mol. The molecule has 0 aliphatic carbocycles. The van der Waals surface area contributed by atoms with Gasteiger partial charge in [-0.25, -0.2) is 0 Å². The van der Waals surface area contributed by atoms with Crippen LogP contribution in [0.25, 0.3) is 0 Å². The van der Waals surface area contributed by atoms with Gasteiger partial charge in [0.15, 0.2) is 0 Å². The predicted octanol–water partition coefficient (Wildman–Crippen LogP) is 11.6. The van der Waals surface area contributed by atoms with Crippen molar-refractivity contribution in [1.82, 2.24) is 0 Å². The molecule has 0 heteroatoms. The summed E-state index contributed by atoms with van der Waals surface area (Å²) in [5.74, 6) is 0.833. The van der Waals surface area contributed by atoms with Gasteiger partial charge in [0.1, 0.15) is 0 Å². The normalized spacial score (nSPS) is 5.48. The molecule has 0 amide bonds. The second-order valence-corrected chi connectivity index (χ2v) is 4.14. The first-order chi connectivity index (χ1) is 12.0. The third-order valence-electron chi connectivity index (χ3n) is 1.000. The van der Waals surface area contributed by atoms with Crippen LogP contribution in [0.2, 0.25) is 0 Å². The van der Waals surface area contributed by atoms with Crippen LogP contribution >= 0.6 is 0 Å². The quantitative estimate of drug-likeness (QED) is 0.426. The van der Waals surface area contributed by atoms with E-state index in [0.717, 1.165) is 5.92 Å². The lowest BCUT2D eigenvalue weighted by Gasteiger charge is -1.79. The number of allylic oxidation sites excluding steroid dienone is 1. The molecule has 0 aromatic rings. The molecule has 0 aliphatic heterocycles. The Morgan fingerprint density at radius 2 is 0.640 bits per heavy atom. The largest absolute Gasteiger partial charge is 0.106 e. The van der Waals surface area contributed by atoms with Gasteiger partial charge in [-0.15, -0.1) is 19.7 Å². The van der Waals surface area contributed by atoms with Crippen LogP contribution in [0.3, 0.4) is 0 Å². The maximum Gasteiger partial charge on any atom is 0 e.